The Morgan fingerprint density at radius 2 is 2.35 bits per heavy atom. The van der Waals surface area contributed by atoms with Crippen molar-refractivity contribution in [3.63, 3.8) is 0 Å². The van der Waals surface area contributed by atoms with E-state index in [0.717, 1.165) is 0 Å². The van der Waals surface area contributed by atoms with Crippen LogP contribution in [0.4, 0.5) is 0 Å². The second-order valence-corrected chi connectivity index (χ2v) is 7.29. The average Bonchev–Trinajstić information content (AvgIpc) is 3.12. The van der Waals surface area contributed by atoms with Gasteiger partial charge < -0.3 is 9.64 Å². The Bertz CT molecular complexity index is 784. The molecule has 0 unspecified atom stereocenters. The molecule has 0 amide bonds. The normalized spacial score (nSPS) is 21.2. The minimum Gasteiger partial charge on any atom is -0.466 e. The van der Waals surface area contributed by atoms with E-state index < -0.39 is 22.2 Å². The Morgan fingerprint density at radius 1 is 1.57 bits per heavy atom. The third-order valence-corrected chi connectivity index (χ3v) is 4.98. The molecule has 9 nitrogen and oxygen atoms in total. The lowest BCUT2D eigenvalue weighted by Gasteiger charge is -2.26. The molecule has 11 heteroatoms. The number of nitrogens with one attached hydrogen (secondary N) is 1. The number of hydrogen-bond donors (Lipinski definition) is 2. The van der Waals surface area contributed by atoms with Crippen LogP contribution in [0.3, 0.4) is 0 Å². The van der Waals surface area contributed by atoms with Crippen LogP contribution in [0.2, 0.25) is 0 Å². The summed E-state index contributed by atoms with van der Waals surface area (Å²) in [6, 6.07) is -0.442. The predicted molar refractivity (Wildman–Crippen MR) is 83.9 cm³/mol. The van der Waals surface area contributed by atoms with Crippen LogP contribution >= 0.6 is 11.3 Å². The van der Waals surface area contributed by atoms with Gasteiger partial charge in [0.05, 0.1) is 19.2 Å². The van der Waals surface area contributed by atoms with Gasteiger partial charge >= 0.3 is 5.97 Å². The molecule has 1 aromatic heterocycles. The highest BCUT2D eigenvalue weighted by molar-refractivity contribution is 7.87. The molecular formula is C12H15N5O4S2. The number of hydrogen-bond acceptors (Lipinski definition) is 8. The maximum atomic E-state index is 11.9. The summed E-state index contributed by atoms with van der Waals surface area (Å²) in [5, 5.41) is 7.59. The van der Waals surface area contributed by atoms with Crippen molar-refractivity contribution in [1.82, 2.24) is 14.6 Å². The maximum Gasteiger partial charge on any atom is 0.337 e. The van der Waals surface area contributed by atoms with Gasteiger partial charge in [-0.15, -0.1) is 11.3 Å². The van der Waals surface area contributed by atoms with Crippen LogP contribution < -0.4 is 9.86 Å². The molecule has 124 valence electrons. The van der Waals surface area contributed by atoms with Crippen molar-refractivity contribution in [1.29, 1.82) is 0 Å². The van der Waals surface area contributed by atoms with Gasteiger partial charge in [-0.2, -0.15) is 13.1 Å². The lowest BCUT2D eigenvalue weighted by atomic mass is 10.1. The standard InChI is InChI=1S/C12H15N5O4S2/c1-21-12(18)8-5-15-10(11-14-2-3-22-11)17-6-7(4-9(8)17)16-23(13,19)20/h2-3,7,16H,4-6H2,1H3,(H2,13,19,20)/t7-/m0/s1. The molecule has 0 aliphatic carbocycles. The smallest absolute Gasteiger partial charge is 0.337 e. The minimum atomic E-state index is -3.83. The number of nitrogens with zero attached hydrogens (tertiary/aromatic N) is 3. The Labute approximate surface area is 137 Å². The summed E-state index contributed by atoms with van der Waals surface area (Å²) in [7, 11) is -2.53. The molecule has 0 aromatic carbocycles. The van der Waals surface area contributed by atoms with E-state index in [1.165, 1.54) is 18.4 Å². The molecule has 3 rings (SSSR count). The first-order valence-electron chi connectivity index (χ1n) is 6.71. The molecule has 3 N–H and O–H groups in total. The first kappa shape index (κ1) is 16.1. The van der Waals surface area contributed by atoms with E-state index >= 15 is 0 Å². The molecule has 0 saturated carbocycles. The van der Waals surface area contributed by atoms with Crippen molar-refractivity contribution >= 4 is 33.4 Å². The van der Waals surface area contributed by atoms with Crippen molar-refractivity contribution in [2.24, 2.45) is 10.1 Å². The summed E-state index contributed by atoms with van der Waals surface area (Å²) in [6.07, 6.45) is 2.00. The van der Waals surface area contributed by atoms with Gasteiger partial charge in [0.15, 0.2) is 10.8 Å². The van der Waals surface area contributed by atoms with Crippen LogP contribution in [0.5, 0.6) is 0 Å². The van der Waals surface area contributed by atoms with Crippen LogP contribution in [0.1, 0.15) is 11.4 Å². The Kier molecular flexibility index (Phi) is 4.19. The van der Waals surface area contributed by atoms with Gasteiger partial charge in [0, 0.05) is 36.3 Å². The number of amidine groups is 1. The van der Waals surface area contributed by atoms with Crippen molar-refractivity contribution in [3.8, 4) is 0 Å². The molecule has 0 radical (unpaired) electrons. The van der Waals surface area contributed by atoms with Crippen molar-refractivity contribution in [2.75, 3.05) is 20.2 Å². The highest BCUT2D eigenvalue weighted by Crippen LogP contribution is 2.31. The van der Waals surface area contributed by atoms with Crippen LogP contribution in [0.15, 0.2) is 27.8 Å². The number of esters is 1. The fourth-order valence-electron chi connectivity index (χ4n) is 2.70. The molecular weight excluding hydrogens is 342 g/mol. The van der Waals surface area contributed by atoms with Crippen LogP contribution in [0.25, 0.3) is 0 Å². The summed E-state index contributed by atoms with van der Waals surface area (Å²) >= 11 is 1.42. The summed E-state index contributed by atoms with van der Waals surface area (Å²) in [6.45, 7) is 0.500. The van der Waals surface area contributed by atoms with E-state index in [1.54, 1.807) is 11.1 Å². The average molecular weight is 357 g/mol. The Balaban J connectivity index is 1.95. The summed E-state index contributed by atoms with van der Waals surface area (Å²) in [5.74, 6) is 0.157. The van der Waals surface area contributed by atoms with E-state index in [-0.39, 0.29) is 6.54 Å². The van der Waals surface area contributed by atoms with E-state index in [2.05, 4.69) is 14.7 Å². The van der Waals surface area contributed by atoms with Gasteiger partial charge in [-0.25, -0.2) is 14.9 Å². The Morgan fingerprint density at radius 3 is 2.96 bits per heavy atom. The molecule has 2 aliphatic heterocycles. The zero-order valence-electron chi connectivity index (χ0n) is 12.2. The molecule has 3 heterocycles. The van der Waals surface area contributed by atoms with E-state index in [9.17, 15) is 13.2 Å². The molecule has 2 aliphatic rings. The summed E-state index contributed by atoms with van der Waals surface area (Å²) < 4.78 is 29.7. The predicted octanol–water partition coefficient (Wildman–Crippen LogP) is -0.802. The largest absolute Gasteiger partial charge is 0.466 e. The molecule has 1 fully saturated rings. The number of carbonyl (C=O) groups is 1. The van der Waals surface area contributed by atoms with Gasteiger partial charge in [0.1, 0.15) is 0 Å². The van der Waals surface area contributed by atoms with Gasteiger partial charge in [-0.05, 0) is 0 Å². The van der Waals surface area contributed by atoms with E-state index in [1.807, 2.05) is 5.38 Å². The van der Waals surface area contributed by atoms with Crippen molar-refractivity contribution < 1.29 is 17.9 Å². The van der Waals surface area contributed by atoms with Crippen molar-refractivity contribution in [2.45, 2.75) is 12.5 Å². The van der Waals surface area contributed by atoms with Gasteiger partial charge in [-0.1, -0.05) is 0 Å². The number of carbonyl (C=O) groups excluding carboxylic acids is 1. The monoisotopic (exact) mass is 357 g/mol. The SMILES string of the molecule is COC(=O)C1=C2C[C@H](NS(N)(=O)=O)CN2C(c2nccs2)=NC1. The number of aliphatic imine (C=N–C) groups is 1. The number of aromatic nitrogens is 1. The highest BCUT2D eigenvalue weighted by atomic mass is 32.2. The number of methoxy groups -OCH3 is 1. The molecule has 0 bridgehead atoms. The molecule has 1 atom stereocenters. The van der Waals surface area contributed by atoms with E-state index in [4.69, 9.17) is 9.88 Å². The number of nitrogens with two attached hydrogens (primary N) is 1. The quantitative estimate of drug-likeness (QED) is 0.679. The minimum absolute atomic E-state index is 0.176. The van der Waals surface area contributed by atoms with Gasteiger partial charge in [0.2, 0.25) is 0 Å². The first-order valence-corrected chi connectivity index (χ1v) is 9.14. The van der Waals surface area contributed by atoms with Crippen LogP contribution in [-0.2, 0) is 19.7 Å². The lowest BCUT2D eigenvalue weighted by molar-refractivity contribution is -0.136. The molecule has 23 heavy (non-hydrogen) atoms. The van der Waals surface area contributed by atoms with Crippen LogP contribution in [-0.4, -0.2) is 56.3 Å². The fraction of sp³-hybridized carbons (Fsp3) is 0.417. The zero-order chi connectivity index (χ0) is 16.6. The number of ether oxygens (including phenoxy) is 1. The maximum absolute atomic E-state index is 11.9. The summed E-state index contributed by atoms with van der Waals surface area (Å²) in [4.78, 5) is 22.4. The van der Waals surface area contributed by atoms with E-state index in [0.29, 0.717) is 35.1 Å². The molecule has 1 saturated heterocycles. The zero-order valence-corrected chi connectivity index (χ0v) is 13.9. The first-order chi connectivity index (χ1) is 10.9. The Hall–Kier alpha value is -1.82. The van der Waals surface area contributed by atoms with Crippen molar-refractivity contribution in [3.05, 3.63) is 27.9 Å². The van der Waals surface area contributed by atoms with Crippen LogP contribution in [0, 0.1) is 0 Å². The number of thiazole rings is 1. The summed E-state index contributed by atoms with van der Waals surface area (Å²) in [5.41, 5.74) is 1.12. The molecule has 1 aromatic rings. The topological polar surface area (TPSA) is 127 Å². The third-order valence-electron chi connectivity index (χ3n) is 3.55. The van der Waals surface area contributed by atoms with Gasteiger partial charge in [-0.3, -0.25) is 4.99 Å². The third kappa shape index (κ3) is 3.27. The molecule has 0 spiro atoms. The second-order valence-electron chi connectivity index (χ2n) is 5.07. The number of fused-ring (bicyclic) bond motifs is 1. The fourth-order valence-corrected chi connectivity index (χ4v) is 3.98. The number of rotatable bonds is 4. The lowest BCUT2D eigenvalue weighted by Crippen LogP contribution is -2.42. The second kappa shape index (κ2) is 6.00. The highest BCUT2D eigenvalue weighted by Gasteiger charge is 2.38. The van der Waals surface area contributed by atoms with Gasteiger partial charge in [0.25, 0.3) is 10.2 Å².